The molecule has 0 aromatic rings. The normalized spacial score (nSPS) is 9.82. The van der Waals surface area contributed by atoms with E-state index in [1.807, 2.05) is 13.8 Å². The second kappa shape index (κ2) is 5.55. The lowest BCUT2D eigenvalue weighted by atomic mass is 10.1. The highest BCUT2D eigenvalue weighted by Gasteiger charge is 2.05. The summed E-state index contributed by atoms with van der Waals surface area (Å²) >= 11 is 8.52. The summed E-state index contributed by atoms with van der Waals surface area (Å²) in [5.41, 5.74) is 0. The number of rotatable bonds is 4. The van der Waals surface area contributed by atoms with Crippen molar-refractivity contribution < 1.29 is 4.79 Å². The lowest BCUT2D eigenvalue weighted by molar-refractivity contribution is -0.121. The molecule has 0 saturated carbocycles. The highest BCUT2D eigenvalue weighted by molar-refractivity contribution is 8.11. The largest absolute Gasteiger partial charge is 0.371 e. The van der Waals surface area contributed by atoms with Crippen LogP contribution in [0.1, 0.15) is 20.3 Å². The van der Waals surface area contributed by atoms with Gasteiger partial charge < -0.3 is 5.32 Å². The van der Waals surface area contributed by atoms with Gasteiger partial charge in [-0.15, -0.1) is 12.6 Å². The lowest BCUT2D eigenvalue weighted by Gasteiger charge is -2.04. The van der Waals surface area contributed by atoms with Gasteiger partial charge in [0.1, 0.15) is 10.1 Å². The van der Waals surface area contributed by atoms with Gasteiger partial charge >= 0.3 is 0 Å². The second-order valence-electron chi connectivity index (χ2n) is 2.60. The van der Waals surface area contributed by atoms with Crippen molar-refractivity contribution in [3.8, 4) is 0 Å². The zero-order valence-electron chi connectivity index (χ0n) is 6.76. The number of thiol groups is 1. The third-order valence-corrected chi connectivity index (χ3v) is 1.59. The quantitative estimate of drug-likeness (QED) is 0.520. The molecule has 64 valence electrons. The molecule has 0 saturated heterocycles. The summed E-state index contributed by atoms with van der Waals surface area (Å²) in [5, 5.41) is 2.81. The Balaban J connectivity index is 3.39. The van der Waals surface area contributed by atoms with Crippen LogP contribution in [0.3, 0.4) is 0 Å². The topological polar surface area (TPSA) is 29.1 Å². The van der Waals surface area contributed by atoms with E-state index in [1.54, 1.807) is 0 Å². The van der Waals surface area contributed by atoms with E-state index >= 15 is 0 Å². The zero-order valence-corrected chi connectivity index (χ0v) is 8.47. The summed E-state index contributed by atoms with van der Waals surface area (Å²) in [5.74, 6) is 0.368. The molecule has 0 amide bonds. The van der Waals surface area contributed by atoms with Crippen LogP contribution in [0.25, 0.3) is 0 Å². The first-order chi connectivity index (χ1) is 5.04. The van der Waals surface area contributed by atoms with E-state index in [2.05, 4.69) is 30.2 Å². The van der Waals surface area contributed by atoms with Crippen LogP contribution < -0.4 is 5.32 Å². The molecule has 0 heterocycles. The molecule has 0 aliphatic rings. The Bertz CT molecular complexity index is 157. The maximum absolute atomic E-state index is 11.0. The van der Waals surface area contributed by atoms with Crippen LogP contribution >= 0.6 is 24.8 Å². The minimum absolute atomic E-state index is 0.116. The molecule has 0 radical (unpaired) electrons. The van der Waals surface area contributed by atoms with Gasteiger partial charge in [0.15, 0.2) is 0 Å². The fourth-order valence-electron chi connectivity index (χ4n) is 0.581. The summed E-state index contributed by atoms with van der Waals surface area (Å²) in [6, 6.07) is 0. The van der Waals surface area contributed by atoms with Gasteiger partial charge in [-0.1, -0.05) is 26.1 Å². The zero-order chi connectivity index (χ0) is 8.85. The molecule has 0 spiro atoms. The molecular formula is C7H13NOS2. The van der Waals surface area contributed by atoms with E-state index in [0.29, 0.717) is 17.3 Å². The third kappa shape index (κ3) is 6.31. The van der Waals surface area contributed by atoms with Crippen molar-refractivity contribution >= 4 is 35.0 Å². The summed E-state index contributed by atoms with van der Waals surface area (Å²) in [7, 11) is 0. The average Bonchev–Trinajstić information content (AvgIpc) is 1.86. The minimum Gasteiger partial charge on any atom is -0.371 e. The lowest BCUT2D eigenvalue weighted by Crippen LogP contribution is -2.21. The number of carbonyl (C=O) groups is 1. The Morgan fingerprint density at radius 2 is 2.18 bits per heavy atom. The first-order valence-corrected chi connectivity index (χ1v) is 4.39. The summed E-state index contributed by atoms with van der Waals surface area (Å²) < 4.78 is 0.446. The van der Waals surface area contributed by atoms with Gasteiger partial charge in [-0.25, -0.2) is 0 Å². The number of hydrogen-bond donors (Lipinski definition) is 2. The maximum Gasteiger partial charge on any atom is 0.137 e. The predicted molar refractivity (Wildman–Crippen MR) is 54.0 cm³/mol. The number of Topliss-reactive ketones (excluding diaryl/α,β-unsaturated/α-hetero) is 1. The Morgan fingerprint density at radius 1 is 1.64 bits per heavy atom. The Morgan fingerprint density at radius 3 is 2.55 bits per heavy atom. The van der Waals surface area contributed by atoms with Crippen LogP contribution in [0.4, 0.5) is 0 Å². The fraction of sp³-hybridized carbons (Fsp3) is 0.714. The maximum atomic E-state index is 11.0. The molecule has 0 atom stereocenters. The van der Waals surface area contributed by atoms with Crippen LogP contribution in [-0.4, -0.2) is 16.6 Å². The van der Waals surface area contributed by atoms with Crippen molar-refractivity contribution in [2.75, 3.05) is 6.54 Å². The van der Waals surface area contributed by atoms with Gasteiger partial charge in [0.25, 0.3) is 0 Å². The Kier molecular flexibility index (Phi) is 5.50. The number of hydrogen-bond acceptors (Lipinski definition) is 2. The highest BCUT2D eigenvalue weighted by atomic mass is 32.1. The van der Waals surface area contributed by atoms with Crippen LogP contribution in [0.15, 0.2) is 0 Å². The molecule has 0 aliphatic carbocycles. The molecular weight excluding hydrogens is 178 g/mol. The molecule has 4 heteroatoms. The second-order valence-corrected chi connectivity index (χ2v) is 3.76. The molecule has 0 rings (SSSR count). The Hall–Kier alpha value is -0.0900. The molecule has 0 aromatic carbocycles. The molecule has 0 unspecified atom stereocenters. The van der Waals surface area contributed by atoms with Crippen molar-refractivity contribution in [3.05, 3.63) is 0 Å². The summed E-state index contributed by atoms with van der Waals surface area (Å²) in [6.07, 6.45) is 0.526. The predicted octanol–water partition coefficient (Wildman–Crippen LogP) is 1.41. The Labute approximate surface area is 78.2 Å². The van der Waals surface area contributed by atoms with Crippen LogP contribution in [0.5, 0.6) is 0 Å². The molecule has 1 N–H and O–H groups in total. The van der Waals surface area contributed by atoms with Crippen molar-refractivity contribution in [2.45, 2.75) is 20.3 Å². The first kappa shape index (κ1) is 10.9. The van der Waals surface area contributed by atoms with E-state index in [0.717, 1.165) is 0 Å². The molecule has 0 bridgehead atoms. The van der Waals surface area contributed by atoms with E-state index < -0.39 is 0 Å². The standard InChI is InChI=1S/C7H13NOS2/c1-5(2)6(9)3-4-8-7(10)11/h5H,3-4H2,1-2H3,(H2,8,10,11). The van der Waals surface area contributed by atoms with Crippen LogP contribution in [0.2, 0.25) is 0 Å². The number of nitrogens with one attached hydrogen (secondary N) is 1. The third-order valence-electron chi connectivity index (χ3n) is 1.29. The van der Waals surface area contributed by atoms with Crippen molar-refractivity contribution in [1.82, 2.24) is 5.32 Å². The van der Waals surface area contributed by atoms with Gasteiger partial charge in [-0.3, -0.25) is 4.79 Å². The van der Waals surface area contributed by atoms with Gasteiger partial charge in [0, 0.05) is 18.9 Å². The monoisotopic (exact) mass is 191 g/mol. The van der Waals surface area contributed by atoms with Crippen molar-refractivity contribution in [1.29, 1.82) is 0 Å². The van der Waals surface area contributed by atoms with Crippen molar-refractivity contribution in [3.63, 3.8) is 0 Å². The molecule has 2 nitrogen and oxygen atoms in total. The minimum atomic E-state index is 0.116. The van der Waals surface area contributed by atoms with Gasteiger partial charge in [0.05, 0.1) is 0 Å². The molecule has 0 aliphatic heterocycles. The summed E-state index contributed by atoms with van der Waals surface area (Å²) in [6.45, 7) is 4.38. The molecule has 0 fully saturated rings. The average molecular weight is 191 g/mol. The van der Waals surface area contributed by atoms with E-state index in [1.165, 1.54) is 0 Å². The highest BCUT2D eigenvalue weighted by Crippen LogP contribution is 1.97. The van der Waals surface area contributed by atoms with E-state index in [4.69, 9.17) is 0 Å². The van der Waals surface area contributed by atoms with Crippen molar-refractivity contribution in [2.24, 2.45) is 5.92 Å². The van der Waals surface area contributed by atoms with Gasteiger partial charge in [-0.05, 0) is 0 Å². The molecule has 0 aromatic heterocycles. The van der Waals surface area contributed by atoms with Crippen LogP contribution in [0, 0.1) is 5.92 Å². The summed E-state index contributed by atoms with van der Waals surface area (Å²) in [4.78, 5) is 11.0. The van der Waals surface area contributed by atoms with E-state index in [9.17, 15) is 4.79 Å². The van der Waals surface area contributed by atoms with Gasteiger partial charge in [0.2, 0.25) is 0 Å². The number of carbonyl (C=O) groups excluding carboxylic acids is 1. The first-order valence-electron chi connectivity index (χ1n) is 3.53. The fourth-order valence-corrected chi connectivity index (χ4v) is 0.795. The molecule has 11 heavy (non-hydrogen) atoms. The smallest absolute Gasteiger partial charge is 0.137 e. The van der Waals surface area contributed by atoms with Gasteiger partial charge in [-0.2, -0.15) is 0 Å². The van der Waals surface area contributed by atoms with E-state index in [-0.39, 0.29) is 11.7 Å². The SMILES string of the molecule is CC(C)C(=O)CCNC(=S)S. The van der Waals surface area contributed by atoms with Crippen LogP contribution in [-0.2, 0) is 4.79 Å². The number of thiocarbonyl (C=S) groups is 1. The number of ketones is 1.